The molecule has 1 aliphatic rings. The van der Waals surface area contributed by atoms with Crippen molar-refractivity contribution >= 4 is 54.8 Å². The molecule has 16 rings (SSSR count). The maximum Gasteiger partial charge on any atom is 0.269 e. The summed E-state index contributed by atoms with van der Waals surface area (Å²) in [6, 6.07) is 71.7. The summed E-state index contributed by atoms with van der Waals surface area (Å²) in [6.07, 6.45) is 5.66. The Morgan fingerprint density at radius 1 is 0.453 bits per heavy atom. The third-order valence-corrected chi connectivity index (χ3v) is 17.0. The summed E-state index contributed by atoms with van der Waals surface area (Å²) in [4.78, 5) is 4.92. The lowest BCUT2D eigenvalue weighted by atomic mass is 9.84. The van der Waals surface area contributed by atoms with Crippen molar-refractivity contribution in [3.8, 4) is 95.5 Å². The van der Waals surface area contributed by atoms with Gasteiger partial charge in [-0.2, -0.15) is 0 Å². The summed E-state index contributed by atoms with van der Waals surface area (Å²) in [5.74, 6) is 1.80. The lowest BCUT2D eigenvalue weighted by Gasteiger charge is -2.23. The molecule has 0 fully saturated rings. The summed E-state index contributed by atoms with van der Waals surface area (Å²) in [5, 5.41) is 3.94. The zero-order chi connectivity index (χ0) is 68.1. The Morgan fingerprint density at radius 3 is 1.81 bits per heavy atom. The molecule has 11 aromatic carbocycles. The first-order valence-corrected chi connectivity index (χ1v) is 28.7. The number of benzene rings is 11. The van der Waals surface area contributed by atoms with Crippen LogP contribution >= 0.6 is 0 Å². The summed E-state index contributed by atoms with van der Waals surface area (Å²) in [6.45, 7) is -5.06. The van der Waals surface area contributed by atoms with E-state index < -0.39 is 27.4 Å². The number of hydrogen-bond donors (Lipinski definition) is 0. The van der Waals surface area contributed by atoms with Gasteiger partial charge in [0.2, 0.25) is 0 Å². The number of pyridine rings is 1. The molecule has 0 N–H and O–H groups in total. The van der Waals surface area contributed by atoms with Crippen LogP contribution in [0.5, 0.6) is 11.5 Å². The normalized spacial score (nSPS) is 14.8. The van der Waals surface area contributed by atoms with E-state index in [1.54, 1.807) is 12.1 Å². The van der Waals surface area contributed by atoms with Gasteiger partial charge in [0, 0.05) is 50.3 Å². The zero-order valence-electron chi connectivity index (χ0n) is 59.1. The molecule has 0 bridgehead atoms. The molecule has 4 aromatic heterocycles. The number of nitrogens with zero attached hydrogens (tertiary/aromatic N) is 4. The van der Waals surface area contributed by atoms with Crippen LogP contribution in [0.25, 0.3) is 139 Å². The summed E-state index contributed by atoms with van der Waals surface area (Å²) in [7, 11) is 0. The Hall–Kier alpha value is -10.6. The van der Waals surface area contributed by atoms with Crippen molar-refractivity contribution in [3.05, 3.63) is 271 Å². The molecule has 0 spiro atoms. The van der Waals surface area contributed by atoms with E-state index in [1.807, 2.05) is 143 Å². The Morgan fingerprint density at radius 2 is 1.07 bits per heavy atom. The predicted molar refractivity (Wildman–Crippen MR) is 353 cm³/mol. The van der Waals surface area contributed by atoms with Gasteiger partial charge in [0.05, 0.1) is 33.4 Å². The second-order valence-electron chi connectivity index (χ2n) is 23.2. The molecule has 86 heavy (non-hydrogen) atoms. The fourth-order valence-corrected chi connectivity index (χ4v) is 13.0. The van der Waals surface area contributed by atoms with Gasteiger partial charge < -0.3 is 9.15 Å². The van der Waals surface area contributed by atoms with Crippen molar-refractivity contribution in [2.75, 3.05) is 0 Å². The van der Waals surface area contributed by atoms with Crippen molar-refractivity contribution in [3.63, 3.8) is 0 Å². The monoisotopic (exact) mass is 1120 g/mol. The van der Waals surface area contributed by atoms with E-state index in [-0.39, 0.29) is 55.6 Å². The maximum absolute atomic E-state index is 9.21. The van der Waals surface area contributed by atoms with Crippen molar-refractivity contribution in [1.82, 2.24) is 14.1 Å². The van der Waals surface area contributed by atoms with Gasteiger partial charge in [0.1, 0.15) is 28.5 Å². The number of ether oxygens (including phenoxy) is 1. The van der Waals surface area contributed by atoms with Gasteiger partial charge >= 0.3 is 0 Å². The Bertz CT molecular complexity index is 5740. The van der Waals surface area contributed by atoms with E-state index in [0.29, 0.717) is 56.1 Å². The third-order valence-electron chi connectivity index (χ3n) is 17.0. The van der Waals surface area contributed by atoms with Crippen molar-refractivity contribution in [2.45, 2.75) is 53.6 Å². The molecule has 1 aliphatic heterocycles. The molecule has 6 heteroatoms. The number of fused-ring (bicyclic) bond motifs is 13. The van der Waals surface area contributed by atoms with Crippen LogP contribution in [0, 0.1) is 33.7 Å². The molecule has 0 saturated heterocycles. The molecule has 15 aromatic rings. The standard InChI is InChI=1S/C80H60N4O2/c1-48-19-16-20-49(2)76(48)54-41-67-61-27-10-8-25-59(61)60-26-9-11-28-62(60)68-40-53(52-33-36-74-66(39-52)65-30-13-15-32-73(65)86-74)43-72-79(68)83(78(67)69(42-54)77-50(3)21-17-22-51(77)4)47-82(72)56-23-18-24-57(45-56)85-58-34-35-64-63-29-12-14-31-70(63)84(71(64)46-58)75-44-55(37-38-81-75)80(5,6)7/h8-46H,1-7H3/i1D3,2D3,3D3,4D3. The van der Waals surface area contributed by atoms with E-state index in [1.165, 1.54) is 36.4 Å². The van der Waals surface area contributed by atoms with Gasteiger partial charge in [-0.25, -0.2) is 4.98 Å². The van der Waals surface area contributed by atoms with E-state index in [2.05, 4.69) is 86.3 Å². The van der Waals surface area contributed by atoms with Gasteiger partial charge in [-0.15, -0.1) is 0 Å². The van der Waals surface area contributed by atoms with E-state index in [4.69, 9.17) is 22.4 Å². The molecule has 0 radical (unpaired) electrons. The van der Waals surface area contributed by atoms with Gasteiger partial charge in [0.15, 0.2) is 0 Å². The smallest absolute Gasteiger partial charge is 0.269 e. The number of imidazole rings is 1. The molecule has 0 unspecified atom stereocenters. The molecule has 412 valence electrons. The minimum Gasteiger partial charge on any atom is -0.458 e. The number of furan rings is 1. The number of hydrogen-bond acceptors (Lipinski definition) is 3. The highest BCUT2D eigenvalue weighted by Gasteiger charge is 2.30. The summed E-state index contributed by atoms with van der Waals surface area (Å²) >= 11 is 0. The Kier molecular flexibility index (Phi) is 9.04. The second-order valence-corrected chi connectivity index (χ2v) is 23.2. The van der Waals surface area contributed by atoms with Crippen LogP contribution in [-0.2, 0) is 5.41 Å². The Labute approximate surface area is 517 Å². The molecule has 0 saturated carbocycles. The average molecular weight is 1120 g/mol. The topological polar surface area (TPSA) is 49.0 Å². The van der Waals surface area contributed by atoms with Crippen LogP contribution in [0.4, 0.5) is 0 Å². The summed E-state index contributed by atoms with van der Waals surface area (Å²) in [5.41, 5.74) is 10.8. The lowest BCUT2D eigenvalue weighted by molar-refractivity contribution is -0.570. The van der Waals surface area contributed by atoms with Gasteiger partial charge in [-0.05, 0) is 212 Å². The van der Waals surface area contributed by atoms with Crippen LogP contribution in [-0.4, -0.2) is 14.1 Å². The van der Waals surface area contributed by atoms with Crippen LogP contribution in [0.2, 0.25) is 0 Å². The fraction of sp³-hybridized carbons (Fsp3) is 0.100. The van der Waals surface area contributed by atoms with Gasteiger partial charge in [-0.1, -0.05) is 160 Å². The molecule has 0 atom stereocenters. The largest absolute Gasteiger partial charge is 0.458 e. The van der Waals surface area contributed by atoms with Gasteiger partial charge in [-0.3, -0.25) is 13.7 Å². The predicted octanol–water partition coefficient (Wildman–Crippen LogP) is 20.7. The third kappa shape index (κ3) is 8.15. The van der Waals surface area contributed by atoms with E-state index >= 15 is 0 Å². The number of para-hydroxylation sites is 2. The highest BCUT2D eigenvalue weighted by atomic mass is 16.5. The number of aromatic nitrogens is 4. The quantitative estimate of drug-likeness (QED) is 0.118. The fourth-order valence-electron chi connectivity index (χ4n) is 13.0. The number of aryl methyl sites for hydroxylation is 4. The molecular weight excluding hydrogens is 1050 g/mol. The van der Waals surface area contributed by atoms with Crippen LogP contribution in [0.1, 0.15) is 65.0 Å². The summed E-state index contributed by atoms with van der Waals surface area (Å²) < 4.78 is 128. The van der Waals surface area contributed by atoms with E-state index in [0.717, 1.165) is 71.8 Å². The highest BCUT2D eigenvalue weighted by molar-refractivity contribution is 6.10. The highest BCUT2D eigenvalue weighted by Crippen LogP contribution is 2.49. The minimum atomic E-state index is -2.94. The molecule has 6 nitrogen and oxygen atoms in total. The Balaban J connectivity index is 1.02. The first-order valence-electron chi connectivity index (χ1n) is 34.7. The van der Waals surface area contributed by atoms with Crippen molar-refractivity contribution in [2.24, 2.45) is 0 Å². The van der Waals surface area contributed by atoms with Crippen molar-refractivity contribution < 1.29 is 30.2 Å². The first kappa shape index (κ1) is 39.8. The lowest BCUT2D eigenvalue weighted by Crippen LogP contribution is -2.32. The SMILES string of the molecule is [2H]C([2H])([2H])c1cccc(C([2H])([2H])[2H])c1-c1cc2c(c(-c3c(C([2H])([2H])[2H])cccc3C([2H])([2H])[2H])c1)-[n+]1[c-]n(-c3cccc(Oc4ccc5c6ccccc6n(-c6cc(C(C)(C)C)ccn6)c5c4)c3)c3cc(-c4ccc5oc6ccccc6c5c4)cc(c31)-c1ccccc1-c1ccccc1-2. The first-order chi connectivity index (χ1) is 46.8. The zero-order valence-corrected chi connectivity index (χ0v) is 47.1. The number of rotatable bonds is 7. The molecular formula is C80H60N4O2. The maximum atomic E-state index is 9.21. The van der Waals surface area contributed by atoms with Gasteiger partial charge in [0.25, 0.3) is 6.33 Å². The molecule has 0 aliphatic carbocycles. The van der Waals surface area contributed by atoms with E-state index in [9.17, 15) is 8.22 Å². The minimum absolute atomic E-state index is 0.0609. The molecule has 5 heterocycles. The van der Waals surface area contributed by atoms with Crippen LogP contribution in [0.3, 0.4) is 0 Å². The van der Waals surface area contributed by atoms with Crippen LogP contribution < -0.4 is 9.30 Å². The van der Waals surface area contributed by atoms with Crippen LogP contribution in [0.15, 0.2) is 241 Å². The second kappa shape index (κ2) is 19.5. The van der Waals surface area contributed by atoms with Crippen molar-refractivity contribution in [1.29, 1.82) is 0 Å². The molecule has 0 amide bonds. The average Bonchev–Trinajstić information content (AvgIpc) is 1.42.